The maximum Gasteiger partial charge on any atom is 0.0446 e. The number of halogens is 1. The zero-order valence-corrected chi connectivity index (χ0v) is 12.4. The molecule has 0 unspecified atom stereocenters. The van der Waals surface area contributed by atoms with Gasteiger partial charge in [-0.15, -0.1) is 11.8 Å². The van der Waals surface area contributed by atoms with Crippen LogP contribution in [-0.2, 0) is 12.2 Å². The molecule has 2 aromatic carbocycles. The van der Waals surface area contributed by atoms with Gasteiger partial charge in [0.05, 0.1) is 0 Å². The van der Waals surface area contributed by atoms with Gasteiger partial charge in [0, 0.05) is 17.2 Å². The first-order valence-corrected chi connectivity index (χ1v) is 7.76. The molecule has 2 heteroatoms. The van der Waals surface area contributed by atoms with Crippen LogP contribution in [0.3, 0.4) is 0 Å². The minimum Gasteiger partial charge on any atom is -0.125 e. The molecule has 2 aromatic rings. The van der Waals surface area contributed by atoms with Crippen molar-refractivity contribution >= 4 is 28.9 Å². The van der Waals surface area contributed by atoms with Crippen molar-refractivity contribution < 1.29 is 0 Å². The molecular formula is C17H15ClS. The standard InChI is InChI=1S/C17H15ClS/c1-12-15-8-4-2-6-13(15)10-17(12)19-11-14-7-3-5-9-16(14)18/h2-9H,10-11H2,1H3. The molecule has 0 bridgehead atoms. The van der Waals surface area contributed by atoms with Crippen molar-refractivity contribution in [3.8, 4) is 0 Å². The maximum atomic E-state index is 6.21. The molecule has 0 heterocycles. The summed E-state index contributed by atoms with van der Waals surface area (Å²) < 4.78 is 0. The van der Waals surface area contributed by atoms with Crippen molar-refractivity contribution in [1.29, 1.82) is 0 Å². The Kier molecular flexibility index (Phi) is 3.67. The summed E-state index contributed by atoms with van der Waals surface area (Å²) in [6, 6.07) is 16.8. The van der Waals surface area contributed by atoms with Crippen molar-refractivity contribution in [2.24, 2.45) is 0 Å². The zero-order chi connectivity index (χ0) is 13.2. The van der Waals surface area contributed by atoms with Crippen molar-refractivity contribution in [3.05, 3.63) is 75.1 Å². The second-order valence-electron chi connectivity index (χ2n) is 4.76. The number of hydrogen-bond donors (Lipinski definition) is 0. The lowest BCUT2D eigenvalue weighted by atomic mass is 10.1. The number of rotatable bonds is 3. The Morgan fingerprint density at radius 2 is 1.79 bits per heavy atom. The molecule has 3 rings (SSSR count). The summed E-state index contributed by atoms with van der Waals surface area (Å²) in [5.41, 5.74) is 5.49. The number of thioether (sulfide) groups is 1. The van der Waals surface area contributed by atoms with E-state index in [2.05, 4.69) is 37.3 Å². The molecule has 0 saturated heterocycles. The summed E-state index contributed by atoms with van der Waals surface area (Å²) in [6.45, 7) is 2.22. The topological polar surface area (TPSA) is 0 Å². The third kappa shape index (κ3) is 2.58. The van der Waals surface area contributed by atoms with Gasteiger partial charge in [0.1, 0.15) is 0 Å². The highest BCUT2D eigenvalue weighted by Crippen LogP contribution is 2.39. The Morgan fingerprint density at radius 1 is 1.05 bits per heavy atom. The first-order chi connectivity index (χ1) is 9.25. The van der Waals surface area contributed by atoms with E-state index in [4.69, 9.17) is 11.6 Å². The molecule has 19 heavy (non-hydrogen) atoms. The zero-order valence-electron chi connectivity index (χ0n) is 10.8. The van der Waals surface area contributed by atoms with Crippen LogP contribution in [0.5, 0.6) is 0 Å². The lowest BCUT2D eigenvalue weighted by Crippen LogP contribution is -1.85. The summed E-state index contributed by atoms with van der Waals surface area (Å²) >= 11 is 8.12. The van der Waals surface area contributed by atoms with E-state index in [1.807, 2.05) is 30.0 Å². The predicted molar refractivity (Wildman–Crippen MR) is 85.5 cm³/mol. The molecule has 1 aliphatic rings. The van der Waals surface area contributed by atoms with Crippen LogP contribution < -0.4 is 0 Å². The van der Waals surface area contributed by atoms with E-state index >= 15 is 0 Å². The highest BCUT2D eigenvalue weighted by atomic mass is 35.5. The van der Waals surface area contributed by atoms with Crippen LogP contribution in [0.2, 0.25) is 5.02 Å². The summed E-state index contributed by atoms with van der Waals surface area (Å²) in [6.07, 6.45) is 1.07. The molecule has 0 N–H and O–H groups in total. The van der Waals surface area contributed by atoms with E-state index in [0.717, 1.165) is 17.2 Å². The molecular weight excluding hydrogens is 272 g/mol. The SMILES string of the molecule is CC1=C(SCc2ccccc2Cl)Cc2ccccc21. The van der Waals surface area contributed by atoms with Crippen LogP contribution in [-0.4, -0.2) is 0 Å². The van der Waals surface area contributed by atoms with Crippen LogP contribution in [0.4, 0.5) is 0 Å². The van der Waals surface area contributed by atoms with Gasteiger partial charge in [-0.2, -0.15) is 0 Å². The van der Waals surface area contributed by atoms with Crippen molar-refractivity contribution in [1.82, 2.24) is 0 Å². The van der Waals surface area contributed by atoms with E-state index in [1.54, 1.807) is 0 Å². The number of fused-ring (bicyclic) bond motifs is 1. The molecule has 0 spiro atoms. The van der Waals surface area contributed by atoms with E-state index < -0.39 is 0 Å². The molecule has 96 valence electrons. The maximum absolute atomic E-state index is 6.21. The van der Waals surface area contributed by atoms with E-state index in [-0.39, 0.29) is 0 Å². The Balaban J connectivity index is 1.76. The van der Waals surface area contributed by atoms with Crippen molar-refractivity contribution in [3.63, 3.8) is 0 Å². The van der Waals surface area contributed by atoms with Gasteiger partial charge in [0.2, 0.25) is 0 Å². The van der Waals surface area contributed by atoms with Gasteiger partial charge in [-0.3, -0.25) is 0 Å². The highest BCUT2D eigenvalue weighted by Gasteiger charge is 2.18. The first kappa shape index (κ1) is 12.8. The number of benzene rings is 2. The molecule has 0 aromatic heterocycles. The Hall–Kier alpha value is -1.18. The van der Waals surface area contributed by atoms with Gasteiger partial charge in [0.25, 0.3) is 0 Å². The first-order valence-electron chi connectivity index (χ1n) is 6.40. The average molecular weight is 287 g/mol. The Labute approximate surface area is 123 Å². The van der Waals surface area contributed by atoms with Gasteiger partial charge in [-0.25, -0.2) is 0 Å². The van der Waals surface area contributed by atoms with E-state index in [9.17, 15) is 0 Å². The minimum absolute atomic E-state index is 0.865. The smallest absolute Gasteiger partial charge is 0.0446 e. The average Bonchev–Trinajstić information content (AvgIpc) is 2.75. The fourth-order valence-corrected chi connectivity index (χ4v) is 3.88. The van der Waals surface area contributed by atoms with Gasteiger partial charge >= 0.3 is 0 Å². The number of hydrogen-bond acceptors (Lipinski definition) is 1. The fourth-order valence-electron chi connectivity index (χ4n) is 2.44. The van der Waals surface area contributed by atoms with E-state index in [0.29, 0.717) is 0 Å². The molecule has 0 saturated carbocycles. The summed E-state index contributed by atoms with van der Waals surface area (Å²) in [5.74, 6) is 0.945. The van der Waals surface area contributed by atoms with Crippen molar-refractivity contribution in [2.75, 3.05) is 0 Å². The molecule has 0 aliphatic heterocycles. The monoisotopic (exact) mass is 286 g/mol. The van der Waals surface area contributed by atoms with Crippen molar-refractivity contribution in [2.45, 2.75) is 19.1 Å². The Morgan fingerprint density at radius 3 is 2.58 bits per heavy atom. The second kappa shape index (κ2) is 5.44. The normalized spacial score (nSPS) is 13.8. The summed E-state index contributed by atoms with van der Waals surface area (Å²) in [7, 11) is 0. The molecule has 1 aliphatic carbocycles. The largest absolute Gasteiger partial charge is 0.125 e. The van der Waals surface area contributed by atoms with Gasteiger partial charge < -0.3 is 0 Å². The molecule has 0 radical (unpaired) electrons. The molecule has 0 nitrogen and oxygen atoms in total. The summed E-state index contributed by atoms with van der Waals surface area (Å²) in [5, 5.41) is 0.865. The van der Waals surface area contributed by atoms with E-state index in [1.165, 1.54) is 27.2 Å². The fraction of sp³-hybridized carbons (Fsp3) is 0.176. The quantitative estimate of drug-likeness (QED) is 0.712. The predicted octanol–water partition coefficient (Wildman–Crippen LogP) is 5.56. The van der Waals surface area contributed by atoms with Crippen LogP contribution in [0, 0.1) is 0 Å². The lowest BCUT2D eigenvalue weighted by Gasteiger charge is -2.06. The van der Waals surface area contributed by atoms with Crippen LogP contribution in [0.1, 0.15) is 23.6 Å². The minimum atomic E-state index is 0.865. The van der Waals surface area contributed by atoms with Gasteiger partial charge in [-0.1, -0.05) is 54.1 Å². The van der Waals surface area contributed by atoms with Gasteiger partial charge in [0.15, 0.2) is 0 Å². The lowest BCUT2D eigenvalue weighted by molar-refractivity contribution is 1.29. The third-order valence-electron chi connectivity index (χ3n) is 3.55. The Bertz CT molecular complexity index is 643. The highest BCUT2D eigenvalue weighted by molar-refractivity contribution is 8.02. The molecule has 0 amide bonds. The third-order valence-corrected chi connectivity index (χ3v) is 5.17. The second-order valence-corrected chi connectivity index (χ2v) is 6.24. The summed E-state index contributed by atoms with van der Waals surface area (Å²) in [4.78, 5) is 1.47. The number of allylic oxidation sites excluding steroid dienone is 2. The van der Waals surface area contributed by atoms with Crippen LogP contribution >= 0.6 is 23.4 Å². The van der Waals surface area contributed by atoms with Gasteiger partial charge in [-0.05, 0) is 40.2 Å². The van der Waals surface area contributed by atoms with Crippen LogP contribution in [0.15, 0.2) is 53.4 Å². The molecule has 0 fully saturated rings. The van der Waals surface area contributed by atoms with Crippen LogP contribution in [0.25, 0.3) is 5.57 Å². The molecule has 0 atom stereocenters.